The van der Waals surface area contributed by atoms with E-state index in [-0.39, 0.29) is 11.9 Å². The molecule has 5 nitrogen and oxygen atoms in total. The van der Waals surface area contributed by atoms with Crippen LogP contribution in [-0.2, 0) is 9.53 Å². The summed E-state index contributed by atoms with van der Waals surface area (Å²) < 4.78 is 5.86. The van der Waals surface area contributed by atoms with Crippen molar-refractivity contribution in [2.45, 2.75) is 13.0 Å². The Labute approximate surface area is 142 Å². The SMILES string of the molecule is CCOC(=O)C1CNCCN1C(=O)c1cc(Cl)ccc1I. The number of esters is 1. The van der Waals surface area contributed by atoms with Crippen molar-refractivity contribution < 1.29 is 14.3 Å². The van der Waals surface area contributed by atoms with Crippen LogP contribution < -0.4 is 5.32 Å². The molecule has 1 unspecified atom stereocenters. The van der Waals surface area contributed by atoms with Crippen LogP contribution in [0.2, 0.25) is 5.02 Å². The minimum absolute atomic E-state index is 0.193. The molecule has 1 aromatic rings. The van der Waals surface area contributed by atoms with Crippen LogP contribution in [0.25, 0.3) is 0 Å². The first-order valence-electron chi connectivity index (χ1n) is 6.68. The van der Waals surface area contributed by atoms with Crippen LogP contribution in [-0.4, -0.2) is 49.1 Å². The predicted octanol–water partition coefficient (Wildman–Crippen LogP) is 1.92. The van der Waals surface area contributed by atoms with Gasteiger partial charge < -0.3 is 15.0 Å². The smallest absolute Gasteiger partial charge is 0.330 e. The van der Waals surface area contributed by atoms with Crippen molar-refractivity contribution in [3.63, 3.8) is 0 Å². The summed E-state index contributed by atoms with van der Waals surface area (Å²) >= 11 is 8.06. The molecule has 1 aliphatic rings. The first kappa shape index (κ1) is 16.5. The van der Waals surface area contributed by atoms with Crippen LogP contribution in [0.4, 0.5) is 0 Å². The number of nitrogens with zero attached hydrogens (tertiary/aromatic N) is 1. The lowest BCUT2D eigenvalue weighted by Gasteiger charge is -2.34. The fourth-order valence-corrected chi connectivity index (χ4v) is 2.95. The molecule has 114 valence electrons. The quantitative estimate of drug-likeness (QED) is 0.597. The van der Waals surface area contributed by atoms with Gasteiger partial charge in [-0.05, 0) is 47.7 Å². The Morgan fingerprint density at radius 3 is 3.00 bits per heavy atom. The molecule has 1 heterocycles. The van der Waals surface area contributed by atoms with E-state index in [0.29, 0.717) is 36.8 Å². The summed E-state index contributed by atoms with van der Waals surface area (Å²) in [4.78, 5) is 26.3. The van der Waals surface area contributed by atoms with E-state index in [0.717, 1.165) is 3.57 Å². The number of hydrogen-bond acceptors (Lipinski definition) is 4. The van der Waals surface area contributed by atoms with E-state index in [9.17, 15) is 9.59 Å². The topological polar surface area (TPSA) is 58.6 Å². The Morgan fingerprint density at radius 2 is 2.29 bits per heavy atom. The summed E-state index contributed by atoms with van der Waals surface area (Å²) in [6, 6.07) is 4.56. The Hall–Kier alpha value is -0.860. The largest absolute Gasteiger partial charge is 0.464 e. The maximum absolute atomic E-state index is 12.7. The van der Waals surface area contributed by atoms with Gasteiger partial charge in [0.05, 0.1) is 12.2 Å². The van der Waals surface area contributed by atoms with Gasteiger partial charge in [0.25, 0.3) is 5.91 Å². The van der Waals surface area contributed by atoms with Gasteiger partial charge in [-0.25, -0.2) is 4.79 Å². The lowest BCUT2D eigenvalue weighted by Crippen LogP contribution is -2.57. The number of carbonyl (C=O) groups excluding carboxylic acids is 2. The van der Waals surface area contributed by atoms with Crippen LogP contribution in [0, 0.1) is 3.57 Å². The maximum Gasteiger partial charge on any atom is 0.330 e. The summed E-state index contributed by atoms with van der Waals surface area (Å²) in [6.07, 6.45) is 0. The highest BCUT2D eigenvalue weighted by Crippen LogP contribution is 2.21. The fourth-order valence-electron chi connectivity index (χ4n) is 2.21. The molecule has 1 N–H and O–H groups in total. The zero-order chi connectivity index (χ0) is 15.4. The van der Waals surface area contributed by atoms with E-state index in [1.54, 1.807) is 30.0 Å². The van der Waals surface area contributed by atoms with E-state index < -0.39 is 6.04 Å². The molecule has 1 fully saturated rings. The number of carbonyl (C=O) groups is 2. The van der Waals surface area contributed by atoms with Gasteiger partial charge in [0.1, 0.15) is 6.04 Å². The lowest BCUT2D eigenvalue weighted by molar-refractivity contribution is -0.149. The third kappa shape index (κ3) is 3.87. The first-order valence-corrected chi connectivity index (χ1v) is 8.13. The van der Waals surface area contributed by atoms with E-state index in [2.05, 4.69) is 27.9 Å². The number of rotatable bonds is 3. The summed E-state index contributed by atoms with van der Waals surface area (Å²) in [5.41, 5.74) is 0.513. The van der Waals surface area contributed by atoms with Crippen molar-refractivity contribution in [3.05, 3.63) is 32.4 Å². The molecule has 1 atom stereocenters. The van der Waals surface area contributed by atoms with Crippen LogP contribution in [0.15, 0.2) is 18.2 Å². The van der Waals surface area contributed by atoms with Gasteiger partial charge in [0, 0.05) is 28.2 Å². The highest BCUT2D eigenvalue weighted by Gasteiger charge is 2.34. The van der Waals surface area contributed by atoms with E-state index in [1.807, 2.05) is 0 Å². The lowest BCUT2D eigenvalue weighted by atomic mass is 10.1. The van der Waals surface area contributed by atoms with Crippen molar-refractivity contribution in [2.75, 3.05) is 26.2 Å². The average Bonchev–Trinajstić information content (AvgIpc) is 2.49. The molecule has 21 heavy (non-hydrogen) atoms. The van der Waals surface area contributed by atoms with E-state index in [1.165, 1.54) is 0 Å². The van der Waals surface area contributed by atoms with Crippen molar-refractivity contribution in [1.82, 2.24) is 10.2 Å². The number of hydrogen-bond donors (Lipinski definition) is 1. The first-order chi connectivity index (χ1) is 10.0. The molecule has 2 rings (SSSR count). The summed E-state index contributed by atoms with van der Waals surface area (Å²) in [6.45, 7) is 3.57. The molecule has 0 spiro atoms. The molecular formula is C14H16ClIN2O3. The highest BCUT2D eigenvalue weighted by molar-refractivity contribution is 14.1. The fraction of sp³-hybridized carbons (Fsp3) is 0.429. The average molecular weight is 423 g/mol. The normalized spacial score (nSPS) is 18.4. The molecule has 7 heteroatoms. The van der Waals surface area contributed by atoms with E-state index in [4.69, 9.17) is 16.3 Å². The third-order valence-electron chi connectivity index (χ3n) is 3.22. The zero-order valence-corrected chi connectivity index (χ0v) is 14.5. The van der Waals surface area contributed by atoms with Gasteiger partial charge in [0.15, 0.2) is 0 Å². The number of benzene rings is 1. The van der Waals surface area contributed by atoms with Crippen LogP contribution >= 0.6 is 34.2 Å². The Morgan fingerprint density at radius 1 is 1.52 bits per heavy atom. The monoisotopic (exact) mass is 422 g/mol. The van der Waals surface area contributed by atoms with Crippen molar-refractivity contribution in [3.8, 4) is 0 Å². The number of piperazine rings is 1. The number of halogens is 2. The number of ether oxygens (including phenoxy) is 1. The molecule has 1 saturated heterocycles. The van der Waals surface area contributed by atoms with Gasteiger partial charge in [-0.3, -0.25) is 4.79 Å². The molecule has 1 aliphatic heterocycles. The molecule has 0 saturated carbocycles. The second-order valence-corrected chi connectivity index (χ2v) is 6.19. The third-order valence-corrected chi connectivity index (χ3v) is 4.40. The van der Waals surface area contributed by atoms with Crippen LogP contribution in [0.3, 0.4) is 0 Å². The Bertz CT molecular complexity index is 553. The summed E-state index contributed by atoms with van der Waals surface area (Å²) in [5, 5.41) is 3.62. The van der Waals surface area contributed by atoms with Crippen molar-refractivity contribution >= 4 is 46.1 Å². The van der Waals surface area contributed by atoms with Gasteiger partial charge in [-0.15, -0.1) is 0 Å². The summed E-state index contributed by atoms with van der Waals surface area (Å²) in [5.74, 6) is -0.573. The van der Waals surface area contributed by atoms with Gasteiger partial charge in [-0.1, -0.05) is 11.6 Å². The molecule has 0 aliphatic carbocycles. The maximum atomic E-state index is 12.7. The number of amides is 1. The number of nitrogens with one attached hydrogen (secondary N) is 1. The molecule has 1 amide bonds. The molecule has 1 aromatic carbocycles. The minimum Gasteiger partial charge on any atom is -0.464 e. The van der Waals surface area contributed by atoms with Gasteiger partial charge in [0.2, 0.25) is 0 Å². The van der Waals surface area contributed by atoms with Crippen molar-refractivity contribution in [2.24, 2.45) is 0 Å². The predicted molar refractivity (Wildman–Crippen MR) is 88.5 cm³/mol. The minimum atomic E-state index is -0.596. The molecule has 0 aromatic heterocycles. The van der Waals surface area contributed by atoms with Crippen molar-refractivity contribution in [1.29, 1.82) is 0 Å². The molecule has 0 bridgehead atoms. The van der Waals surface area contributed by atoms with Crippen LogP contribution in [0.5, 0.6) is 0 Å². The van der Waals surface area contributed by atoms with Crippen LogP contribution in [0.1, 0.15) is 17.3 Å². The second-order valence-electron chi connectivity index (χ2n) is 4.59. The second kappa shape index (κ2) is 7.42. The Balaban J connectivity index is 2.26. The van der Waals surface area contributed by atoms with Gasteiger partial charge >= 0.3 is 5.97 Å². The molecular weight excluding hydrogens is 407 g/mol. The van der Waals surface area contributed by atoms with E-state index >= 15 is 0 Å². The zero-order valence-electron chi connectivity index (χ0n) is 11.6. The Kier molecular flexibility index (Phi) is 5.83. The highest BCUT2D eigenvalue weighted by atomic mass is 127. The standard InChI is InChI=1S/C14H16ClIN2O3/c1-2-21-14(20)12-8-17-5-6-18(12)13(19)10-7-9(15)3-4-11(10)16/h3-4,7,12,17H,2,5-6,8H2,1H3. The van der Waals surface area contributed by atoms with Gasteiger partial charge in [-0.2, -0.15) is 0 Å². The summed E-state index contributed by atoms with van der Waals surface area (Å²) in [7, 11) is 0. The molecule has 0 radical (unpaired) electrons.